The van der Waals surface area contributed by atoms with Gasteiger partial charge in [0.05, 0.1) is 0 Å². The third-order valence-corrected chi connectivity index (χ3v) is 4.30. The fraction of sp³-hybridized carbons (Fsp3) is 0.600. The van der Waals surface area contributed by atoms with E-state index in [4.69, 9.17) is 11.6 Å². The first-order chi connectivity index (χ1) is 8.68. The highest BCUT2D eigenvalue weighted by atomic mass is 35.5. The second kappa shape index (κ2) is 6.55. The Bertz CT molecular complexity index is 381. The largest absolute Gasteiger partial charge is 0.309 e. The Morgan fingerprint density at radius 3 is 2.89 bits per heavy atom. The van der Waals surface area contributed by atoms with Crippen LogP contribution in [-0.4, -0.2) is 31.1 Å². The van der Waals surface area contributed by atoms with Crippen LogP contribution in [0.5, 0.6) is 0 Å². The van der Waals surface area contributed by atoms with Crippen LogP contribution >= 0.6 is 11.6 Å². The summed E-state index contributed by atoms with van der Waals surface area (Å²) in [5.41, 5.74) is 1.19. The monoisotopic (exact) mass is 266 g/mol. The Labute approximate surface area is 115 Å². The summed E-state index contributed by atoms with van der Waals surface area (Å²) in [5.74, 6) is 0. The number of nitrogens with zero attached hydrogens (tertiary/aromatic N) is 1. The molecule has 1 aliphatic heterocycles. The van der Waals surface area contributed by atoms with Crippen LogP contribution in [0.4, 0.5) is 0 Å². The highest BCUT2D eigenvalue weighted by Crippen LogP contribution is 2.22. The molecule has 1 aromatic rings. The van der Waals surface area contributed by atoms with Crippen molar-refractivity contribution in [2.75, 3.05) is 20.1 Å². The fourth-order valence-corrected chi connectivity index (χ4v) is 2.95. The zero-order chi connectivity index (χ0) is 13.0. The van der Waals surface area contributed by atoms with E-state index in [2.05, 4.69) is 30.3 Å². The van der Waals surface area contributed by atoms with Crippen LogP contribution in [0.1, 0.15) is 37.8 Å². The summed E-state index contributed by atoms with van der Waals surface area (Å²) in [7, 11) is 2.23. The Kier molecular flexibility index (Phi) is 5.04. The first kappa shape index (κ1) is 13.9. The summed E-state index contributed by atoms with van der Waals surface area (Å²) in [5, 5.41) is 4.47. The molecule has 18 heavy (non-hydrogen) atoms. The third kappa shape index (κ3) is 3.47. The van der Waals surface area contributed by atoms with Crippen LogP contribution in [0.3, 0.4) is 0 Å². The summed E-state index contributed by atoms with van der Waals surface area (Å²) in [6.07, 6.45) is 4.00. The maximum absolute atomic E-state index is 6.22. The summed E-state index contributed by atoms with van der Waals surface area (Å²) in [4.78, 5) is 2.47. The lowest BCUT2D eigenvalue weighted by Crippen LogP contribution is -2.43. The number of benzene rings is 1. The van der Waals surface area contributed by atoms with E-state index in [1.807, 2.05) is 18.2 Å². The van der Waals surface area contributed by atoms with Gasteiger partial charge in [-0.15, -0.1) is 0 Å². The Balaban J connectivity index is 1.88. The van der Waals surface area contributed by atoms with Crippen molar-refractivity contribution in [3.63, 3.8) is 0 Å². The van der Waals surface area contributed by atoms with Gasteiger partial charge in [-0.3, -0.25) is 0 Å². The molecule has 0 bridgehead atoms. The maximum Gasteiger partial charge on any atom is 0.0453 e. The number of hydrogen-bond acceptors (Lipinski definition) is 2. The molecule has 1 aromatic carbocycles. The molecule has 0 radical (unpaired) electrons. The zero-order valence-corrected chi connectivity index (χ0v) is 12.1. The molecule has 3 heteroatoms. The fourth-order valence-electron chi connectivity index (χ4n) is 2.65. The molecule has 1 fully saturated rings. The second-order valence-electron chi connectivity index (χ2n) is 5.28. The summed E-state index contributed by atoms with van der Waals surface area (Å²) in [6.45, 7) is 4.46. The molecule has 1 saturated heterocycles. The molecule has 1 N–H and O–H groups in total. The third-order valence-electron chi connectivity index (χ3n) is 3.95. The van der Waals surface area contributed by atoms with Crippen molar-refractivity contribution in [3.05, 3.63) is 34.9 Å². The van der Waals surface area contributed by atoms with Gasteiger partial charge in [0.2, 0.25) is 0 Å². The molecule has 2 nitrogen and oxygen atoms in total. The molecule has 1 unspecified atom stereocenters. The van der Waals surface area contributed by atoms with E-state index in [0.717, 1.165) is 11.6 Å². The van der Waals surface area contributed by atoms with Crippen molar-refractivity contribution in [3.8, 4) is 0 Å². The van der Waals surface area contributed by atoms with Gasteiger partial charge in [-0.25, -0.2) is 0 Å². The molecule has 2 atom stereocenters. The number of nitrogens with one attached hydrogen (secondary N) is 1. The number of likely N-dealkylation sites (tertiary alicyclic amines) is 1. The van der Waals surface area contributed by atoms with Crippen LogP contribution in [0, 0.1) is 0 Å². The molecule has 0 spiro atoms. The molecule has 100 valence electrons. The standard InChI is InChI=1S/C15H23ClN2/c1-12(14-8-3-4-9-15(14)16)17-11-13-7-5-6-10-18(13)2/h3-4,8-9,12-13,17H,5-7,10-11H2,1-2H3/t12-,13?/m0/s1. The van der Waals surface area contributed by atoms with Crippen LogP contribution in [0.15, 0.2) is 24.3 Å². The lowest BCUT2D eigenvalue weighted by molar-refractivity contribution is 0.178. The predicted octanol–water partition coefficient (Wildman–Crippen LogP) is 3.47. The lowest BCUT2D eigenvalue weighted by Gasteiger charge is -2.33. The van der Waals surface area contributed by atoms with E-state index in [-0.39, 0.29) is 0 Å². The van der Waals surface area contributed by atoms with Crippen molar-refractivity contribution in [1.29, 1.82) is 0 Å². The van der Waals surface area contributed by atoms with Gasteiger partial charge in [-0.05, 0) is 45.0 Å². The van der Waals surface area contributed by atoms with Gasteiger partial charge in [-0.1, -0.05) is 36.2 Å². The molecule has 0 aromatic heterocycles. The minimum Gasteiger partial charge on any atom is -0.309 e. The van der Waals surface area contributed by atoms with Gasteiger partial charge in [0.1, 0.15) is 0 Å². The minimum atomic E-state index is 0.314. The van der Waals surface area contributed by atoms with Gasteiger partial charge in [-0.2, -0.15) is 0 Å². The van der Waals surface area contributed by atoms with Crippen molar-refractivity contribution in [2.45, 2.75) is 38.3 Å². The van der Waals surface area contributed by atoms with Crippen molar-refractivity contribution >= 4 is 11.6 Å². The number of halogens is 1. The number of likely N-dealkylation sites (N-methyl/N-ethyl adjacent to an activating group) is 1. The van der Waals surface area contributed by atoms with Crippen molar-refractivity contribution in [2.24, 2.45) is 0 Å². The highest BCUT2D eigenvalue weighted by Gasteiger charge is 2.19. The number of hydrogen-bond donors (Lipinski definition) is 1. The SMILES string of the molecule is C[C@H](NCC1CCCCN1C)c1ccccc1Cl. The lowest BCUT2D eigenvalue weighted by atomic mass is 10.0. The smallest absolute Gasteiger partial charge is 0.0453 e. The van der Waals surface area contributed by atoms with Gasteiger partial charge in [0.15, 0.2) is 0 Å². The van der Waals surface area contributed by atoms with E-state index < -0.39 is 0 Å². The van der Waals surface area contributed by atoms with Gasteiger partial charge in [0, 0.05) is 23.7 Å². The summed E-state index contributed by atoms with van der Waals surface area (Å²) in [6, 6.07) is 9.07. The Morgan fingerprint density at radius 2 is 2.17 bits per heavy atom. The molecule has 1 aliphatic rings. The zero-order valence-electron chi connectivity index (χ0n) is 11.3. The summed E-state index contributed by atoms with van der Waals surface area (Å²) < 4.78 is 0. The van der Waals surface area contributed by atoms with E-state index in [0.29, 0.717) is 12.1 Å². The predicted molar refractivity (Wildman–Crippen MR) is 78.1 cm³/mol. The molecule has 0 amide bonds. The van der Waals surface area contributed by atoms with E-state index in [1.54, 1.807) is 0 Å². The van der Waals surface area contributed by atoms with Gasteiger partial charge in [0.25, 0.3) is 0 Å². The van der Waals surface area contributed by atoms with Crippen molar-refractivity contribution in [1.82, 2.24) is 10.2 Å². The van der Waals surface area contributed by atoms with Crippen LogP contribution in [0.25, 0.3) is 0 Å². The molecule has 1 heterocycles. The normalized spacial score (nSPS) is 22.9. The van der Waals surface area contributed by atoms with E-state index >= 15 is 0 Å². The quantitative estimate of drug-likeness (QED) is 0.898. The summed E-state index contributed by atoms with van der Waals surface area (Å²) >= 11 is 6.22. The van der Waals surface area contributed by atoms with Crippen LogP contribution < -0.4 is 5.32 Å². The number of rotatable bonds is 4. The average Bonchev–Trinajstić information content (AvgIpc) is 2.38. The molecule has 0 aliphatic carbocycles. The molecular weight excluding hydrogens is 244 g/mol. The number of piperidine rings is 1. The van der Waals surface area contributed by atoms with Crippen LogP contribution in [-0.2, 0) is 0 Å². The van der Waals surface area contributed by atoms with Gasteiger partial charge >= 0.3 is 0 Å². The van der Waals surface area contributed by atoms with Gasteiger partial charge < -0.3 is 10.2 Å². The molecule has 0 saturated carbocycles. The first-order valence-corrected chi connectivity index (χ1v) is 7.24. The van der Waals surface area contributed by atoms with Crippen LogP contribution in [0.2, 0.25) is 5.02 Å². The van der Waals surface area contributed by atoms with E-state index in [1.165, 1.54) is 31.4 Å². The Hall–Kier alpha value is -0.570. The first-order valence-electron chi connectivity index (χ1n) is 6.86. The average molecular weight is 267 g/mol. The molecule has 2 rings (SSSR count). The topological polar surface area (TPSA) is 15.3 Å². The van der Waals surface area contributed by atoms with Crippen molar-refractivity contribution < 1.29 is 0 Å². The second-order valence-corrected chi connectivity index (χ2v) is 5.69. The maximum atomic E-state index is 6.22. The Morgan fingerprint density at radius 1 is 1.39 bits per heavy atom. The minimum absolute atomic E-state index is 0.314. The highest BCUT2D eigenvalue weighted by molar-refractivity contribution is 6.31. The van der Waals surface area contributed by atoms with E-state index in [9.17, 15) is 0 Å². The molecular formula is C15H23ClN2.